The molecule has 0 bridgehead atoms. The van der Waals surface area contributed by atoms with Crippen LogP contribution in [-0.4, -0.2) is 32.3 Å². The normalized spacial score (nSPS) is 23.8. The number of benzene rings is 1. The molecule has 1 aliphatic rings. The SMILES string of the molecule is C=C(C=NC(C)=NCC)OC[C@@]1(c2cccc(OC)c2)CC1C. The number of amidine groups is 1. The zero-order chi connectivity index (χ0) is 16.9. The van der Waals surface area contributed by atoms with Gasteiger partial charge in [0.25, 0.3) is 0 Å². The van der Waals surface area contributed by atoms with E-state index in [-0.39, 0.29) is 5.41 Å². The average molecular weight is 314 g/mol. The summed E-state index contributed by atoms with van der Waals surface area (Å²) in [6.45, 7) is 11.4. The Labute approximate surface area is 138 Å². The molecule has 0 aliphatic heterocycles. The number of rotatable bonds is 7. The Balaban J connectivity index is 2.00. The van der Waals surface area contributed by atoms with Gasteiger partial charge in [-0.1, -0.05) is 25.6 Å². The Morgan fingerprint density at radius 3 is 2.83 bits per heavy atom. The maximum absolute atomic E-state index is 5.86. The minimum atomic E-state index is 0.0534. The molecule has 1 saturated carbocycles. The molecule has 0 aromatic heterocycles. The average Bonchev–Trinajstić information content (AvgIpc) is 3.23. The number of methoxy groups -OCH3 is 1. The number of ether oxygens (including phenoxy) is 2. The first kappa shape index (κ1) is 17.3. The summed E-state index contributed by atoms with van der Waals surface area (Å²) in [5, 5.41) is 0. The van der Waals surface area contributed by atoms with Crippen molar-refractivity contribution < 1.29 is 9.47 Å². The molecule has 23 heavy (non-hydrogen) atoms. The van der Waals surface area contributed by atoms with Crippen LogP contribution in [0.3, 0.4) is 0 Å². The van der Waals surface area contributed by atoms with E-state index in [2.05, 4.69) is 35.6 Å². The second kappa shape index (κ2) is 7.44. The van der Waals surface area contributed by atoms with Crippen molar-refractivity contribution in [2.75, 3.05) is 20.3 Å². The van der Waals surface area contributed by atoms with Crippen molar-refractivity contribution in [3.8, 4) is 5.75 Å². The maximum atomic E-state index is 5.86. The van der Waals surface area contributed by atoms with Gasteiger partial charge in [0.2, 0.25) is 0 Å². The lowest BCUT2D eigenvalue weighted by Gasteiger charge is -2.19. The van der Waals surface area contributed by atoms with E-state index in [1.807, 2.05) is 26.0 Å². The lowest BCUT2D eigenvalue weighted by Crippen LogP contribution is -2.18. The molecule has 2 rings (SSSR count). The van der Waals surface area contributed by atoms with E-state index in [1.54, 1.807) is 13.3 Å². The standard InChI is InChI=1S/C19H26N2O2/c1-6-20-16(4)21-12-15(3)23-13-19(11-14(19)2)17-8-7-9-18(10-17)22-5/h7-10,12,14H,3,6,11,13H2,1-2,4-5H3/t14?,19-/m0/s1. The quantitative estimate of drug-likeness (QED) is 0.433. The largest absolute Gasteiger partial charge is 0.497 e. The van der Waals surface area contributed by atoms with Gasteiger partial charge in [-0.05, 0) is 43.9 Å². The summed E-state index contributed by atoms with van der Waals surface area (Å²) < 4.78 is 11.2. The van der Waals surface area contributed by atoms with Crippen LogP contribution >= 0.6 is 0 Å². The van der Waals surface area contributed by atoms with Crippen LogP contribution in [0.1, 0.15) is 32.8 Å². The molecule has 4 heteroatoms. The third-order valence-corrected chi connectivity index (χ3v) is 4.40. The molecule has 0 spiro atoms. The van der Waals surface area contributed by atoms with Crippen LogP contribution in [0.4, 0.5) is 0 Å². The van der Waals surface area contributed by atoms with Crippen LogP contribution in [0.15, 0.2) is 46.6 Å². The summed E-state index contributed by atoms with van der Waals surface area (Å²) in [4.78, 5) is 8.44. The first-order chi connectivity index (χ1) is 11.0. The summed E-state index contributed by atoms with van der Waals surface area (Å²) in [6.07, 6.45) is 2.75. The molecule has 0 heterocycles. The monoisotopic (exact) mass is 314 g/mol. The number of aliphatic imine (C=N–C) groups is 2. The molecule has 0 saturated heterocycles. The Morgan fingerprint density at radius 2 is 2.22 bits per heavy atom. The van der Waals surface area contributed by atoms with E-state index < -0.39 is 0 Å². The van der Waals surface area contributed by atoms with Gasteiger partial charge in [0.05, 0.1) is 19.9 Å². The fourth-order valence-corrected chi connectivity index (χ4v) is 2.80. The van der Waals surface area contributed by atoms with Gasteiger partial charge in [0, 0.05) is 12.0 Å². The lowest BCUT2D eigenvalue weighted by atomic mass is 9.94. The summed E-state index contributed by atoms with van der Waals surface area (Å²) in [5.41, 5.74) is 1.32. The molecule has 1 unspecified atom stereocenters. The molecular formula is C19H26N2O2. The third-order valence-electron chi connectivity index (χ3n) is 4.40. The van der Waals surface area contributed by atoms with E-state index in [0.717, 1.165) is 24.6 Å². The van der Waals surface area contributed by atoms with Gasteiger partial charge in [-0.2, -0.15) is 0 Å². The first-order valence-electron chi connectivity index (χ1n) is 8.03. The smallest absolute Gasteiger partial charge is 0.130 e. The van der Waals surface area contributed by atoms with E-state index in [4.69, 9.17) is 9.47 Å². The van der Waals surface area contributed by atoms with E-state index in [0.29, 0.717) is 18.3 Å². The van der Waals surface area contributed by atoms with E-state index in [1.165, 1.54) is 5.56 Å². The van der Waals surface area contributed by atoms with Gasteiger partial charge < -0.3 is 9.47 Å². The zero-order valence-electron chi connectivity index (χ0n) is 14.5. The van der Waals surface area contributed by atoms with Gasteiger partial charge in [-0.15, -0.1) is 0 Å². The van der Waals surface area contributed by atoms with Crippen molar-refractivity contribution in [2.45, 2.75) is 32.6 Å². The molecule has 1 aromatic rings. The second-order valence-corrected chi connectivity index (χ2v) is 6.03. The lowest BCUT2D eigenvalue weighted by molar-refractivity contribution is 0.197. The predicted molar refractivity (Wildman–Crippen MR) is 95.7 cm³/mol. The first-order valence-corrected chi connectivity index (χ1v) is 8.03. The van der Waals surface area contributed by atoms with E-state index in [9.17, 15) is 0 Å². The molecule has 0 amide bonds. The maximum Gasteiger partial charge on any atom is 0.130 e. The van der Waals surface area contributed by atoms with Gasteiger partial charge >= 0.3 is 0 Å². The van der Waals surface area contributed by atoms with Crippen molar-refractivity contribution in [1.82, 2.24) is 0 Å². The van der Waals surface area contributed by atoms with Crippen LogP contribution in [0.25, 0.3) is 0 Å². The summed E-state index contributed by atoms with van der Waals surface area (Å²) in [7, 11) is 1.69. The van der Waals surface area contributed by atoms with Gasteiger partial charge in [-0.3, -0.25) is 4.99 Å². The van der Waals surface area contributed by atoms with Crippen LogP contribution < -0.4 is 4.74 Å². The molecular weight excluding hydrogens is 288 g/mol. The Morgan fingerprint density at radius 1 is 1.48 bits per heavy atom. The molecule has 1 aromatic carbocycles. The minimum Gasteiger partial charge on any atom is -0.497 e. The number of hydrogen-bond acceptors (Lipinski definition) is 3. The second-order valence-electron chi connectivity index (χ2n) is 6.03. The molecule has 4 nitrogen and oxygen atoms in total. The topological polar surface area (TPSA) is 43.2 Å². The molecule has 0 N–H and O–H groups in total. The third kappa shape index (κ3) is 4.21. The van der Waals surface area contributed by atoms with Crippen molar-refractivity contribution in [3.05, 3.63) is 42.2 Å². The molecule has 0 radical (unpaired) electrons. The van der Waals surface area contributed by atoms with Gasteiger partial charge in [-0.25, -0.2) is 4.99 Å². The Bertz CT molecular complexity index is 622. The van der Waals surface area contributed by atoms with Crippen LogP contribution in [0, 0.1) is 5.92 Å². The molecule has 1 fully saturated rings. The minimum absolute atomic E-state index is 0.0534. The van der Waals surface area contributed by atoms with Crippen LogP contribution in [0.5, 0.6) is 5.75 Å². The number of hydrogen-bond donors (Lipinski definition) is 0. The number of nitrogens with zero attached hydrogens (tertiary/aromatic N) is 2. The van der Waals surface area contributed by atoms with Gasteiger partial charge in [0.15, 0.2) is 0 Å². The van der Waals surface area contributed by atoms with E-state index >= 15 is 0 Å². The summed E-state index contributed by atoms with van der Waals surface area (Å²) in [5.74, 6) is 2.77. The number of allylic oxidation sites excluding steroid dienone is 1. The predicted octanol–water partition coefficient (Wildman–Crippen LogP) is 4.01. The Hall–Kier alpha value is -2.10. The van der Waals surface area contributed by atoms with Crippen molar-refractivity contribution in [1.29, 1.82) is 0 Å². The van der Waals surface area contributed by atoms with Gasteiger partial charge in [0.1, 0.15) is 17.3 Å². The summed E-state index contributed by atoms with van der Waals surface area (Å²) in [6, 6.07) is 8.24. The highest BCUT2D eigenvalue weighted by Crippen LogP contribution is 2.54. The van der Waals surface area contributed by atoms with Crippen LogP contribution in [0.2, 0.25) is 0 Å². The molecule has 2 atom stereocenters. The highest BCUT2D eigenvalue weighted by atomic mass is 16.5. The fraction of sp³-hybridized carbons (Fsp3) is 0.474. The zero-order valence-corrected chi connectivity index (χ0v) is 14.5. The fourth-order valence-electron chi connectivity index (χ4n) is 2.80. The highest BCUT2D eigenvalue weighted by Gasteiger charge is 2.53. The molecule has 124 valence electrons. The molecule has 1 aliphatic carbocycles. The summed E-state index contributed by atoms with van der Waals surface area (Å²) >= 11 is 0. The van der Waals surface area contributed by atoms with Crippen molar-refractivity contribution in [3.63, 3.8) is 0 Å². The Kier molecular flexibility index (Phi) is 5.59. The van der Waals surface area contributed by atoms with Crippen LogP contribution in [-0.2, 0) is 10.2 Å². The van der Waals surface area contributed by atoms with Crippen molar-refractivity contribution in [2.24, 2.45) is 15.9 Å². The highest BCUT2D eigenvalue weighted by molar-refractivity contribution is 5.91. The van der Waals surface area contributed by atoms with Crippen molar-refractivity contribution >= 4 is 12.1 Å².